The van der Waals surface area contributed by atoms with Gasteiger partial charge in [-0.25, -0.2) is 0 Å². The van der Waals surface area contributed by atoms with Crippen molar-refractivity contribution >= 4 is 6.29 Å². The summed E-state index contributed by atoms with van der Waals surface area (Å²) in [6.07, 6.45) is 4.67. The molecule has 0 bridgehead atoms. The molecule has 1 rings (SSSR count). The van der Waals surface area contributed by atoms with Gasteiger partial charge >= 0.3 is 0 Å². The van der Waals surface area contributed by atoms with Crippen LogP contribution in [-0.4, -0.2) is 25.8 Å². The molecule has 0 aromatic heterocycles. The van der Waals surface area contributed by atoms with E-state index in [2.05, 4.69) is 13.8 Å². The van der Waals surface area contributed by atoms with Gasteiger partial charge in [0.1, 0.15) is 0 Å². The molecule has 3 heteroatoms. The monoisotopic (exact) mass is 200 g/mol. The normalized spacial score (nSPS) is 32.9. The number of aldehydes is 1. The van der Waals surface area contributed by atoms with Gasteiger partial charge < -0.3 is 9.47 Å². The van der Waals surface area contributed by atoms with E-state index in [0.29, 0.717) is 13.2 Å². The van der Waals surface area contributed by atoms with Crippen LogP contribution >= 0.6 is 0 Å². The van der Waals surface area contributed by atoms with Gasteiger partial charge in [0.2, 0.25) is 6.29 Å². The van der Waals surface area contributed by atoms with Crippen molar-refractivity contribution in [3.63, 3.8) is 0 Å². The van der Waals surface area contributed by atoms with E-state index in [9.17, 15) is 4.79 Å². The molecule has 1 aliphatic heterocycles. The molecule has 0 unspecified atom stereocenters. The minimum Gasteiger partial charge on any atom is -0.346 e. The van der Waals surface area contributed by atoms with Crippen LogP contribution in [0, 0.1) is 5.41 Å². The fourth-order valence-corrected chi connectivity index (χ4v) is 1.76. The zero-order valence-electron chi connectivity index (χ0n) is 9.12. The number of hydrogen-bond donors (Lipinski definition) is 0. The zero-order valence-corrected chi connectivity index (χ0v) is 9.12. The second-order valence-corrected chi connectivity index (χ2v) is 4.08. The van der Waals surface area contributed by atoms with Gasteiger partial charge in [0, 0.05) is 5.41 Å². The van der Waals surface area contributed by atoms with E-state index < -0.39 is 6.29 Å². The summed E-state index contributed by atoms with van der Waals surface area (Å²) < 4.78 is 10.7. The molecule has 0 spiro atoms. The molecule has 0 amide bonds. The van der Waals surface area contributed by atoms with Crippen LogP contribution in [0.4, 0.5) is 0 Å². The summed E-state index contributed by atoms with van der Waals surface area (Å²) in [6.45, 7) is 5.66. The molecule has 0 aromatic rings. The lowest BCUT2D eigenvalue weighted by molar-refractivity contribution is -0.219. The van der Waals surface area contributed by atoms with Crippen LogP contribution in [0.25, 0.3) is 0 Å². The molecule has 82 valence electrons. The first kappa shape index (κ1) is 11.7. The van der Waals surface area contributed by atoms with Crippen LogP contribution in [0.2, 0.25) is 0 Å². The molecule has 1 saturated heterocycles. The third-order valence-corrected chi connectivity index (χ3v) is 3.03. The van der Waals surface area contributed by atoms with Crippen LogP contribution in [0.3, 0.4) is 0 Å². The van der Waals surface area contributed by atoms with Crippen LogP contribution < -0.4 is 0 Å². The summed E-state index contributed by atoms with van der Waals surface area (Å²) in [6, 6.07) is 0. The minimum absolute atomic E-state index is 0.148. The lowest BCUT2D eigenvalue weighted by Gasteiger charge is -2.38. The molecule has 0 N–H and O–H groups in total. The zero-order chi connectivity index (χ0) is 10.4. The van der Waals surface area contributed by atoms with E-state index in [1.807, 2.05) is 0 Å². The van der Waals surface area contributed by atoms with E-state index in [-0.39, 0.29) is 5.41 Å². The van der Waals surface area contributed by atoms with Crippen molar-refractivity contribution in [2.45, 2.75) is 45.8 Å². The Balaban J connectivity index is 2.43. The number of unbranched alkanes of at least 4 members (excludes halogenated alkanes) is 1. The molecule has 1 aliphatic rings. The van der Waals surface area contributed by atoms with E-state index in [4.69, 9.17) is 9.47 Å². The quantitative estimate of drug-likeness (QED) is 0.638. The largest absolute Gasteiger partial charge is 0.346 e. The second kappa shape index (κ2) is 5.47. The van der Waals surface area contributed by atoms with Crippen molar-refractivity contribution in [1.29, 1.82) is 0 Å². The average molecular weight is 200 g/mol. The Morgan fingerprint density at radius 3 is 2.43 bits per heavy atom. The molecule has 14 heavy (non-hydrogen) atoms. The maximum atomic E-state index is 10.4. The van der Waals surface area contributed by atoms with E-state index in [1.165, 1.54) is 12.8 Å². The van der Waals surface area contributed by atoms with E-state index in [0.717, 1.165) is 19.1 Å². The second-order valence-electron chi connectivity index (χ2n) is 4.08. The Morgan fingerprint density at radius 1 is 1.36 bits per heavy atom. The number of hydrogen-bond acceptors (Lipinski definition) is 3. The summed E-state index contributed by atoms with van der Waals surface area (Å²) in [5.74, 6) is 0. The highest BCUT2D eigenvalue weighted by Gasteiger charge is 2.34. The predicted molar refractivity (Wildman–Crippen MR) is 54.0 cm³/mol. The number of carbonyl (C=O) groups excluding carboxylic acids is 1. The van der Waals surface area contributed by atoms with Crippen LogP contribution in [0.1, 0.15) is 39.5 Å². The van der Waals surface area contributed by atoms with Gasteiger partial charge in [0.15, 0.2) is 6.29 Å². The molecule has 0 radical (unpaired) electrons. The van der Waals surface area contributed by atoms with Gasteiger partial charge in [-0.1, -0.05) is 26.7 Å². The Kier molecular flexibility index (Phi) is 4.55. The maximum absolute atomic E-state index is 10.4. The molecule has 0 aromatic carbocycles. The van der Waals surface area contributed by atoms with Crippen molar-refractivity contribution in [1.82, 2.24) is 0 Å². The summed E-state index contributed by atoms with van der Waals surface area (Å²) >= 11 is 0. The first-order valence-corrected chi connectivity index (χ1v) is 5.45. The summed E-state index contributed by atoms with van der Waals surface area (Å²) in [4.78, 5) is 10.4. The fraction of sp³-hybridized carbons (Fsp3) is 0.909. The Labute approximate surface area is 85.8 Å². The smallest absolute Gasteiger partial charge is 0.214 e. The first-order chi connectivity index (χ1) is 6.76. The topological polar surface area (TPSA) is 35.5 Å². The Hall–Kier alpha value is -0.410. The Bertz CT molecular complexity index is 171. The molecular formula is C11H20O3. The minimum atomic E-state index is -0.628. The molecule has 0 atom stereocenters. The molecule has 0 aliphatic carbocycles. The first-order valence-electron chi connectivity index (χ1n) is 5.45. The molecule has 3 nitrogen and oxygen atoms in total. The average Bonchev–Trinajstić information content (AvgIpc) is 2.27. The molecule has 1 heterocycles. The highest BCUT2D eigenvalue weighted by Crippen LogP contribution is 2.33. The number of rotatable bonds is 5. The lowest BCUT2D eigenvalue weighted by Crippen LogP contribution is -2.42. The summed E-state index contributed by atoms with van der Waals surface area (Å²) in [5.41, 5.74) is 0.148. The summed E-state index contributed by atoms with van der Waals surface area (Å²) in [7, 11) is 0. The highest BCUT2D eigenvalue weighted by atomic mass is 16.7. The van der Waals surface area contributed by atoms with Gasteiger partial charge in [-0.2, -0.15) is 0 Å². The Morgan fingerprint density at radius 2 is 2.00 bits per heavy atom. The maximum Gasteiger partial charge on any atom is 0.214 e. The van der Waals surface area contributed by atoms with Crippen molar-refractivity contribution < 1.29 is 14.3 Å². The SMILES string of the molecule is CCCCC1(CC)COC(C=O)OC1. The van der Waals surface area contributed by atoms with E-state index in [1.54, 1.807) is 0 Å². The van der Waals surface area contributed by atoms with Crippen LogP contribution in [0.5, 0.6) is 0 Å². The van der Waals surface area contributed by atoms with Gasteiger partial charge in [0.25, 0.3) is 0 Å². The standard InChI is InChI=1S/C11H20O3/c1-3-5-6-11(4-2)8-13-10(7-12)14-9-11/h7,10H,3-6,8-9H2,1-2H3. The lowest BCUT2D eigenvalue weighted by atomic mass is 9.81. The molecule has 0 saturated carbocycles. The number of carbonyl (C=O) groups is 1. The molecule has 1 fully saturated rings. The van der Waals surface area contributed by atoms with Gasteiger partial charge in [-0.3, -0.25) is 4.79 Å². The van der Waals surface area contributed by atoms with Crippen LogP contribution in [-0.2, 0) is 14.3 Å². The van der Waals surface area contributed by atoms with Gasteiger partial charge in [0.05, 0.1) is 13.2 Å². The van der Waals surface area contributed by atoms with Crippen LogP contribution in [0.15, 0.2) is 0 Å². The number of ether oxygens (including phenoxy) is 2. The third kappa shape index (κ3) is 2.79. The third-order valence-electron chi connectivity index (χ3n) is 3.03. The predicted octanol–water partition coefficient (Wildman–Crippen LogP) is 2.14. The van der Waals surface area contributed by atoms with Gasteiger partial charge in [-0.15, -0.1) is 0 Å². The van der Waals surface area contributed by atoms with Crippen molar-refractivity contribution in [2.75, 3.05) is 13.2 Å². The van der Waals surface area contributed by atoms with Gasteiger partial charge in [-0.05, 0) is 12.8 Å². The summed E-state index contributed by atoms with van der Waals surface area (Å²) in [5, 5.41) is 0. The van der Waals surface area contributed by atoms with Crippen molar-refractivity contribution in [2.24, 2.45) is 5.41 Å². The highest BCUT2D eigenvalue weighted by molar-refractivity contribution is 5.53. The van der Waals surface area contributed by atoms with Crippen molar-refractivity contribution in [3.05, 3.63) is 0 Å². The molecular weight excluding hydrogens is 180 g/mol. The van der Waals surface area contributed by atoms with Crippen molar-refractivity contribution in [3.8, 4) is 0 Å². The van der Waals surface area contributed by atoms with E-state index >= 15 is 0 Å². The fourth-order valence-electron chi connectivity index (χ4n) is 1.76.